The van der Waals surface area contributed by atoms with Crippen LogP contribution < -0.4 is 4.74 Å². The molecular formula is C17H22N2O3. The third-order valence-electron chi connectivity index (χ3n) is 4.56. The second-order valence-corrected chi connectivity index (χ2v) is 5.96. The van der Waals surface area contributed by atoms with Crippen LogP contribution >= 0.6 is 0 Å². The Morgan fingerprint density at radius 1 is 1.36 bits per heavy atom. The molecule has 1 aromatic rings. The van der Waals surface area contributed by atoms with Gasteiger partial charge in [0, 0.05) is 31.4 Å². The maximum absolute atomic E-state index is 10.9. The lowest BCUT2D eigenvalue weighted by molar-refractivity contribution is 0.119. The van der Waals surface area contributed by atoms with Gasteiger partial charge in [-0.2, -0.15) is 0 Å². The average Bonchev–Trinajstić information content (AvgIpc) is 2.55. The first-order valence-corrected chi connectivity index (χ1v) is 7.96. The Balaban J connectivity index is 1.48. The average molecular weight is 302 g/mol. The van der Waals surface area contributed by atoms with Gasteiger partial charge in [0.15, 0.2) is 0 Å². The lowest BCUT2D eigenvalue weighted by atomic mass is 9.94. The summed E-state index contributed by atoms with van der Waals surface area (Å²) < 4.78 is 5.99. The number of likely N-dealkylation sites (tertiary alicyclic amines) is 1. The molecule has 5 nitrogen and oxygen atoms in total. The van der Waals surface area contributed by atoms with E-state index in [4.69, 9.17) is 9.84 Å². The molecule has 1 aromatic carbocycles. The minimum atomic E-state index is -0.799. The molecule has 2 aliphatic heterocycles. The van der Waals surface area contributed by atoms with E-state index < -0.39 is 6.09 Å². The molecule has 3 rings (SSSR count). The van der Waals surface area contributed by atoms with Crippen molar-refractivity contribution < 1.29 is 14.6 Å². The first kappa shape index (κ1) is 14.9. The molecule has 0 aliphatic carbocycles. The summed E-state index contributed by atoms with van der Waals surface area (Å²) in [5.41, 5.74) is 2.43. The van der Waals surface area contributed by atoms with Crippen molar-refractivity contribution in [3.63, 3.8) is 0 Å². The number of hydrogen-bond acceptors (Lipinski definition) is 3. The molecule has 118 valence electrons. The molecule has 1 fully saturated rings. The first-order chi connectivity index (χ1) is 10.7. The smallest absolute Gasteiger partial charge is 0.407 e. The van der Waals surface area contributed by atoms with E-state index in [1.165, 1.54) is 16.0 Å². The van der Waals surface area contributed by atoms with Gasteiger partial charge in [-0.3, -0.25) is 4.99 Å². The van der Waals surface area contributed by atoms with Crippen LogP contribution in [-0.4, -0.2) is 48.6 Å². The van der Waals surface area contributed by atoms with E-state index in [1.54, 1.807) is 0 Å². The van der Waals surface area contributed by atoms with Gasteiger partial charge in [-0.25, -0.2) is 4.79 Å². The molecule has 5 heteroatoms. The second kappa shape index (κ2) is 6.81. The van der Waals surface area contributed by atoms with Crippen molar-refractivity contribution in [1.29, 1.82) is 0 Å². The van der Waals surface area contributed by atoms with Gasteiger partial charge in [0.25, 0.3) is 0 Å². The Kier molecular flexibility index (Phi) is 4.61. The van der Waals surface area contributed by atoms with E-state index in [2.05, 4.69) is 11.1 Å². The van der Waals surface area contributed by atoms with Gasteiger partial charge >= 0.3 is 6.09 Å². The summed E-state index contributed by atoms with van der Waals surface area (Å²) in [5.74, 6) is 1.54. The fraction of sp³-hybridized carbons (Fsp3) is 0.529. The molecule has 0 saturated carbocycles. The third-order valence-corrected chi connectivity index (χ3v) is 4.56. The van der Waals surface area contributed by atoms with Crippen molar-refractivity contribution in [3.05, 3.63) is 29.3 Å². The Labute approximate surface area is 130 Å². The van der Waals surface area contributed by atoms with Gasteiger partial charge in [-0.15, -0.1) is 0 Å². The molecule has 0 bridgehead atoms. The minimum absolute atomic E-state index is 0.566. The molecule has 2 aliphatic rings. The van der Waals surface area contributed by atoms with Gasteiger partial charge in [-0.1, -0.05) is 12.1 Å². The van der Waals surface area contributed by atoms with E-state index in [0.717, 1.165) is 38.0 Å². The van der Waals surface area contributed by atoms with Crippen LogP contribution in [0.15, 0.2) is 23.2 Å². The van der Waals surface area contributed by atoms with Crippen LogP contribution in [0.4, 0.5) is 4.79 Å². The zero-order chi connectivity index (χ0) is 15.4. The van der Waals surface area contributed by atoms with Crippen molar-refractivity contribution in [2.45, 2.75) is 25.7 Å². The number of ether oxygens (including phenoxy) is 1. The molecule has 0 radical (unpaired) electrons. The molecule has 22 heavy (non-hydrogen) atoms. The Morgan fingerprint density at radius 2 is 2.18 bits per heavy atom. The normalized spacial score (nSPS) is 18.1. The van der Waals surface area contributed by atoms with Crippen molar-refractivity contribution in [2.75, 3.05) is 26.2 Å². The number of benzene rings is 1. The third kappa shape index (κ3) is 3.40. The lowest BCUT2D eigenvalue weighted by Crippen LogP contribution is -2.37. The van der Waals surface area contributed by atoms with E-state index in [0.29, 0.717) is 25.6 Å². The number of aliphatic imine (C=N–C) groups is 1. The zero-order valence-electron chi connectivity index (χ0n) is 12.7. The van der Waals surface area contributed by atoms with E-state index >= 15 is 0 Å². The molecule has 0 atom stereocenters. The molecule has 0 unspecified atom stereocenters. The SMILES string of the molecule is O=C(O)N1CCC(CCOc2cccc3c2CCN=C3)CC1. The van der Waals surface area contributed by atoms with Crippen molar-refractivity contribution in [3.8, 4) is 5.75 Å². The van der Waals surface area contributed by atoms with E-state index in [9.17, 15) is 4.79 Å². The lowest BCUT2D eigenvalue weighted by Gasteiger charge is -2.30. The summed E-state index contributed by atoms with van der Waals surface area (Å²) in [7, 11) is 0. The Bertz CT molecular complexity index is 563. The molecule has 2 heterocycles. The summed E-state index contributed by atoms with van der Waals surface area (Å²) in [4.78, 5) is 16.7. The topological polar surface area (TPSA) is 62.1 Å². The van der Waals surface area contributed by atoms with Crippen LogP contribution in [0.2, 0.25) is 0 Å². The summed E-state index contributed by atoms with van der Waals surface area (Å²) in [5, 5.41) is 8.95. The van der Waals surface area contributed by atoms with Crippen LogP contribution in [-0.2, 0) is 6.42 Å². The second-order valence-electron chi connectivity index (χ2n) is 5.96. The number of amides is 1. The number of carbonyl (C=O) groups is 1. The van der Waals surface area contributed by atoms with Crippen molar-refractivity contribution in [1.82, 2.24) is 4.90 Å². The van der Waals surface area contributed by atoms with Crippen molar-refractivity contribution >= 4 is 12.3 Å². The Hall–Kier alpha value is -2.04. The van der Waals surface area contributed by atoms with E-state index in [1.807, 2.05) is 18.3 Å². The number of hydrogen-bond donors (Lipinski definition) is 1. The standard InChI is InChI=1S/C17H22N2O3/c20-17(21)19-9-5-13(6-10-19)7-11-22-16-3-1-2-14-12-18-8-4-15(14)16/h1-3,12-13H,4-11H2,(H,20,21). The number of piperidine rings is 1. The minimum Gasteiger partial charge on any atom is -0.493 e. The molecule has 0 aromatic heterocycles. The highest BCUT2D eigenvalue weighted by Gasteiger charge is 2.22. The van der Waals surface area contributed by atoms with Gasteiger partial charge in [0.1, 0.15) is 5.75 Å². The predicted molar refractivity (Wildman–Crippen MR) is 85.0 cm³/mol. The first-order valence-electron chi connectivity index (χ1n) is 7.96. The quantitative estimate of drug-likeness (QED) is 0.930. The highest BCUT2D eigenvalue weighted by Crippen LogP contribution is 2.26. The number of carboxylic acid groups (broad SMARTS) is 1. The number of nitrogens with zero attached hydrogens (tertiary/aromatic N) is 2. The number of fused-ring (bicyclic) bond motifs is 1. The monoisotopic (exact) mass is 302 g/mol. The highest BCUT2D eigenvalue weighted by molar-refractivity contribution is 5.84. The highest BCUT2D eigenvalue weighted by atomic mass is 16.5. The fourth-order valence-corrected chi connectivity index (χ4v) is 3.19. The molecular weight excluding hydrogens is 280 g/mol. The van der Waals surface area contributed by atoms with Crippen LogP contribution in [0.25, 0.3) is 0 Å². The summed E-state index contributed by atoms with van der Waals surface area (Å²) in [6, 6.07) is 6.12. The number of rotatable bonds is 4. The van der Waals surface area contributed by atoms with Crippen LogP contribution in [0.5, 0.6) is 5.75 Å². The van der Waals surface area contributed by atoms with Crippen LogP contribution in [0.3, 0.4) is 0 Å². The van der Waals surface area contributed by atoms with Gasteiger partial charge in [-0.05, 0) is 43.2 Å². The maximum atomic E-state index is 10.9. The molecule has 1 saturated heterocycles. The van der Waals surface area contributed by atoms with Crippen LogP contribution in [0.1, 0.15) is 30.4 Å². The fourth-order valence-electron chi connectivity index (χ4n) is 3.19. The summed E-state index contributed by atoms with van der Waals surface area (Å²) in [6.45, 7) is 2.83. The maximum Gasteiger partial charge on any atom is 0.407 e. The molecule has 1 amide bonds. The summed E-state index contributed by atoms with van der Waals surface area (Å²) in [6.07, 6.45) is 4.94. The van der Waals surface area contributed by atoms with Crippen LogP contribution in [0, 0.1) is 5.92 Å². The van der Waals surface area contributed by atoms with Gasteiger partial charge in [0.2, 0.25) is 0 Å². The van der Waals surface area contributed by atoms with E-state index in [-0.39, 0.29) is 0 Å². The predicted octanol–water partition coefficient (Wildman–Crippen LogP) is 2.82. The zero-order valence-corrected chi connectivity index (χ0v) is 12.7. The van der Waals surface area contributed by atoms with Gasteiger partial charge in [0.05, 0.1) is 6.61 Å². The molecule has 0 spiro atoms. The van der Waals surface area contributed by atoms with Crippen molar-refractivity contribution in [2.24, 2.45) is 10.9 Å². The largest absolute Gasteiger partial charge is 0.493 e. The molecule has 1 N–H and O–H groups in total. The van der Waals surface area contributed by atoms with Gasteiger partial charge < -0.3 is 14.7 Å². The summed E-state index contributed by atoms with van der Waals surface area (Å²) >= 11 is 0. The Morgan fingerprint density at radius 3 is 2.95 bits per heavy atom.